The molecule has 0 saturated heterocycles. The van der Waals surface area contributed by atoms with Crippen LogP contribution in [-0.4, -0.2) is 27.6 Å². The molecule has 1 aliphatic heterocycles. The fraction of sp³-hybridized carbons (Fsp3) is 0.222. The lowest BCUT2D eigenvalue weighted by atomic mass is 10.1. The maximum atomic E-state index is 14.1. The number of benzene rings is 1. The highest BCUT2D eigenvalue weighted by molar-refractivity contribution is 5.67. The van der Waals surface area contributed by atoms with Gasteiger partial charge in [0.15, 0.2) is 0 Å². The standard InChI is InChI=1S/C18H16FN3O/c1-12-2-3-16(19)15(8-12)17-11-22-10-14(9-20-18(22)21-17)13-4-6-23-7-5-13/h2-4,8-11H,5-7H2,1H3. The SMILES string of the molecule is Cc1ccc(F)c(-c2cn3cc(C4=CCOCC4)cnc3n2)c1. The highest BCUT2D eigenvalue weighted by atomic mass is 19.1. The normalized spacial score (nSPS) is 15.0. The first kappa shape index (κ1) is 14.1. The van der Waals surface area contributed by atoms with Crippen LogP contribution < -0.4 is 0 Å². The van der Waals surface area contributed by atoms with E-state index in [0.717, 1.165) is 24.2 Å². The Kier molecular flexibility index (Phi) is 3.42. The first-order valence-electron chi connectivity index (χ1n) is 7.59. The molecule has 2 aromatic heterocycles. The van der Waals surface area contributed by atoms with Crippen molar-refractivity contribution in [2.24, 2.45) is 0 Å². The van der Waals surface area contributed by atoms with Crippen molar-refractivity contribution in [3.8, 4) is 11.3 Å². The van der Waals surface area contributed by atoms with Crippen LogP contribution in [0.1, 0.15) is 17.5 Å². The smallest absolute Gasteiger partial charge is 0.234 e. The fourth-order valence-electron chi connectivity index (χ4n) is 2.81. The largest absolute Gasteiger partial charge is 0.377 e. The van der Waals surface area contributed by atoms with E-state index in [1.807, 2.05) is 29.9 Å². The summed E-state index contributed by atoms with van der Waals surface area (Å²) >= 11 is 0. The van der Waals surface area contributed by atoms with E-state index in [0.29, 0.717) is 23.6 Å². The fourth-order valence-corrected chi connectivity index (χ4v) is 2.81. The maximum Gasteiger partial charge on any atom is 0.234 e. The Hall–Kier alpha value is -2.53. The van der Waals surface area contributed by atoms with Gasteiger partial charge in [0, 0.05) is 29.7 Å². The second-order valence-electron chi connectivity index (χ2n) is 5.71. The Morgan fingerprint density at radius 3 is 3.00 bits per heavy atom. The Morgan fingerprint density at radius 1 is 1.26 bits per heavy atom. The van der Waals surface area contributed by atoms with Crippen molar-refractivity contribution in [3.63, 3.8) is 0 Å². The summed E-state index contributed by atoms with van der Waals surface area (Å²) in [4.78, 5) is 8.84. The Labute approximate surface area is 133 Å². The van der Waals surface area contributed by atoms with Gasteiger partial charge in [0.25, 0.3) is 0 Å². The van der Waals surface area contributed by atoms with Gasteiger partial charge in [0.05, 0.1) is 18.9 Å². The second kappa shape index (κ2) is 5.59. The van der Waals surface area contributed by atoms with Crippen LogP contribution in [0.15, 0.2) is 42.9 Å². The van der Waals surface area contributed by atoms with Crippen molar-refractivity contribution in [1.82, 2.24) is 14.4 Å². The number of aryl methyl sites for hydroxylation is 1. The molecule has 0 bridgehead atoms. The zero-order valence-electron chi connectivity index (χ0n) is 12.8. The van der Waals surface area contributed by atoms with E-state index in [-0.39, 0.29) is 5.82 Å². The third-order valence-electron chi connectivity index (χ3n) is 4.04. The van der Waals surface area contributed by atoms with Crippen molar-refractivity contribution in [2.45, 2.75) is 13.3 Å². The monoisotopic (exact) mass is 309 g/mol. The quantitative estimate of drug-likeness (QED) is 0.725. The summed E-state index contributed by atoms with van der Waals surface area (Å²) in [5.74, 6) is 0.295. The van der Waals surface area contributed by atoms with E-state index in [1.165, 1.54) is 11.6 Å². The topological polar surface area (TPSA) is 39.4 Å². The van der Waals surface area contributed by atoms with Crippen molar-refractivity contribution in [1.29, 1.82) is 0 Å². The van der Waals surface area contributed by atoms with Gasteiger partial charge >= 0.3 is 0 Å². The van der Waals surface area contributed by atoms with E-state index in [4.69, 9.17) is 4.74 Å². The number of fused-ring (bicyclic) bond motifs is 1. The predicted molar refractivity (Wildman–Crippen MR) is 86.5 cm³/mol. The van der Waals surface area contributed by atoms with Gasteiger partial charge in [0.1, 0.15) is 5.82 Å². The second-order valence-corrected chi connectivity index (χ2v) is 5.71. The van der Waals surface area contributed by atoms with Gasteiger partial charge in [-0.2, -0.15) is 0 Å². The van der Waals surface area contributed by atoms with Gasteiger partial charge in [-0.1, -0.05) is 17.7 Å². The molecule has 0 spiro atoms. The van der Waals surface area contributed by atoms with Crippen molar-refractivity contribution >= 4 is 11.4 Å². The number of hydrogen-bond acceptors (Lipinski definition) is 3. The number of imidazole rings is 1. The zero-order chi connectivity index (χ0) is 15.8. The summed E-state index contributed by atoms with van der Waals surface area (Å²) in [6, 6.07) is 5.03. The lowest BCUT2D eigenvalue weighted by Crippen LogP contribution is -2.04. The van der Waals surface area contributed by atoms with Crippen LogP contribution in [-0.2, 0) is 4.74 Å². The van der Waals surface area contributed by atoms with E-state index >= 15 is 0 Å². The molecule has 23 heavy (non-hydrogen) atoms. The summed E-state index contributed by atoms with van der Waals surface area (Å²) < 4.78 is 21.2. The molecule has 3 aromatic rings. The van der Waals surface area contributed by atoms with Crippen molar-refractivity contribution < 1.29 is 9.13 Å². The molecule has 0 saturated carbocycles. The molecule has 0 N–H and O–H groups in total. The summed E-state index contributed by atoms with van der Waals surface area (Å²) in [5, 5.41) is 0. The molecule has 0 amide bonds. The van der Waals surface area contributed by atoms with Crippen molar-refractivity contribution in [3.05, 3.63) is 59.8 Å². The van der Waals surface area contributed by atoms with Gasteiger partial charge in [-0.15, -0.1) is 0 Å². The van der Waals surface area contributed by atoms with E-state index in [1.54, 1.807) is 12.1 Å². The van der Waals surface area contributed by atoms with Crippen LogP contribution in [0.4, 0.5) is 4.39 Å². The molecule has 0 fully saturated rings. The highest BCUT2D eigenvalue weighted by Crippen LogP contribution is 2.25. The van der Waals surface area contributed by atoms with E-state index < -0.39 is 0 Å². The number of halogens is 1. The Morgan fingerprint density at radius 2 is 2.17 bits per heavy atom. The average molecular weight is 309 g/mol. The minimum atomic E-state index is -0.272. The molecule has 4 rings (SSSR count). The number of hydrogen-bond donors (Lipinski definition) is 0. The molecule has 0 radical (unpaired) electrons. The Bertz CT molecular complexity index is 914. The Balaban J connectivity index is 1.79. The third kappa shape index (κ3) is 2.64. The first-order valence-corrected chi connectivity index (χ1v) is 7.59. The van der Waals surface area contributed by atoms with Gasteiger partial charge in [-0.3, -0.25) is 4.40 Å². The molecule has 3 heterocycles. The molecule has 0 aliphatic carbocycles. The number of ether oxygens (including phenoxy) is 1. The lowest BCUT2D eigenvalue weighted by Gasteiger charge is -2.13. The predicted octanol–water partition coefficient (Wildman–Crippen LogP) is 3.65. The van der Waals surface area contributed by atoms with Crippen LogP contribution >= 0.6 is 0 Å². The minimum Gasteiger partial charge on any atom is -0.377 e. The average Bonchev–Trinajstić information content (AvgIpc) is 3.00. The lowest BCUT2D eigenvalue weighted by molar-refractivity contribution is 0.161. The van der Waals surface area contributed by atoms with Gasteiger partial charge in [-0.05, 0) is 31.1 Å². The van der Waals surface area contributed by atoms with Crippen LogP contribution in [0.2, 0.25) is 0 Å². The highest BCUT2D eigenvalue weighted by Gasteiger charge is 2.12. The van der Waals surface area contributed by atoms with Crippen LogP contribution in [0, 0.1) is 12.7 Å². The van der Waals surface area contributed by atoms with E-state index in [2.05, 4.69) is 16.0 Å². The van der Waals surface area contributed by atoms with E-state index in [9.17, 15) is 4.39 Å². The zero-order valence-corrected chi connectivity index (χ0v) is 12.8. The van der Waals surface area contributed by atoms with Gasteiger partial charge in [0.2, 0.25) is 5.78 Å². The molecule has 0 atom stereocenters. The number of nitrogens with zero attached hydrogens (tertiary/aromatic N) is 3. The minimum absolute atomic E-state index is 0.272. The van der Waals surface area contributed by atoms with Crippen LogP contribution in [0.5, 0.6) is 0 Å². The van der Waals surface area contributed by atoms with Crippen molar-refractivity contribution in [2.75, 3.05) is 13.2 Å². The number of aromatic nitrogens is 3. The number of rotatable bonds is 2. The molecule has 1 aromatic carbocycles. The molecule has 4 nitrogen and oxygen atoms in total. The summed E-state index contributed by atoms with van der Waals surface area (Å²) in [6.07, 6.45) is 8.58. The maximum absolute atomic E-state index is 14.1. The van der Waals surface area contributed by atoms with Crippen LogP contribution in [0.3, 0.4) is 0 Å². The van der Waals surface area contributed by atoms with Gasteiger partial charge < -0.3 is 4.74 Å². The third-order valence-corrected chi connectivity index (χ3v) is 4.04. The molecule has 0 unspecified atom stereocenters. The summed E-state index contributed by atoms with van der Waals surface area (Å²) in [6.45, 7) is 3.30. The van der Waals surface area contributed by atoms with Gasteiger partial charge in [-0.25, -0.2) is 14.4 Å². The molecular weight excluding hydrogens is 293 g/mol. The summed E-state index contributed by atoms with van der Waals surface area (Å²) in [7, 11) is 0. The summed E-state index contributed by atoms with van der Waals surface area (Å²) in [5.41, 5.74) is 4.37. The first-order chi connectivity index (χ1) is 11.2. The molecule has 1 aliphatic rings. The van der Waals surface area contributed by atoms with Crippen LogP contribution in [0.25, 0.3) is 22.6 Å². The molecular formula is C18H16FN3O. The molecule has 116 valence electrons. The molecule has 5 heteroatoms.